The quantitative estimate of drug-likeness (QED) is 0.560. The van der Waals surface area contributed by atoms with Crippen LogP contribution < -0.4 is 5.43 Å². The van der Waals surface area contributed by atoms with Crippen molar-refractivity contribution >= 4 is 49.3 Å². The summed E-state index contributed by atoms with van der Waals surface area (Å²) < 4.78 is 38.8. The van der Waals surface area contributed by atoms with E-state index in [0.717, 1.165) is 29.2 Å². The van der Waals surface area contributed by atoms with Crippen molar-refractivity contribution in [1.29, 1.82) is 0 Å². The molecule has 5 nitrogen and oxygen atoms in total. The number of alkyl halides is 3. The molecule has 0 bridgehead atoms. The summed E-state index contributed by atoms with van der Waals surface area (Å²) >= 11 is 1.08. The Kier molecular flexibility index (Phi) is 3.59. The molecule has 23 heavy (non-hydrogen) atoms. The molecule has 2 heterocycles. The van der Waals surface area contributed by atoms with Crippen molar-refractivity contribution in [2.75, 3.05) is 5.43 Å². The predicted octanol–water partition coefficient (Wildman–Crippen LogP) is 4.26. The van der Waals surface area contributed by atoms with Crippen LogP contribution in [0.1, 0.15) is 18.6 Å². The number of hydrogen-bond acceptors (Lipinski definition) is 5. The van der Waals surface area contributed by atoms with Gasteiger partial charge in [-0.15, -0.1) is 0 Å². The molecule has 0 aliphatic rings. The minimum Gasteiger partial charge on any atom is -0.274 e. The first-order valence-electron chi connectivity index (χ1n) is 6.57. The largest absolute Gasteiger partial charge is 0.430 e. The highest BCUT2D eigenvalue weighted by Gasteiger charge is 2.32. The number of fused-ring (bicyclic) bond motifs is 3. The van der Waals surface area contributed by atoms with E-state index in [1.54, 1.807) is 6.07 Å². The van der Waals surface area contributed by atoms with Crippen molar-refractivity contribution < 1.29 is 18.0 Å². The third-order valence-electron chi connectivity index (χ3n) is 3.26. The molecule has 1 N–H and O–H groups in total. The number of hydrazone groups is 1. The number of para-hydroxylation sites is 1. The number of thiazole rings is 1. The van der Waals surface area contributed by atoms with E-state index < -0.39 is 11.9 Å². The molecular formula is C14H11F3N4OS. The number of carbonyl (C=O) groups is 1. The van der Waals surface area contributed by atoms with Crippen molar-refractivity contribution in [2.45, 2.75) is 20.0 Å². The number of hydrogen-bond donors (Lipinski definition) is 1. The highest BCUT2D eigenvalue weighted by Crippen LogP contribution is 2.34. The van der Waals surface area contributed by atoms with E-state index in [1.807, 2.05) is 18.2 Å². The number of rotatable bonds is 2. The summed E-state index contributed by atoms with van der Waals surface area (Å²) in [5, 5.41) is 4.25. The Bertz CT molecular complexity index is 939. The van der Waals surface area contributed by atoms with E-state index in [4.69, 9.17) is 0 Å². The average Bonchev–Trinajstić information content (AvgIpc) is 2.99. The standard InChI is InChI=1S/C14H11F3N4OS/c1-7(14(15,16)17)19-20-13-18-11-9-5-3-4-6-10(9)21(8(2)22)12(11)23-13/h3-6H,1-2H3,(H,18,20)/b19-7+. The van der Waals surface area contributed by atoms with Crippen LogP contribution in [-0.2, 0) is 0 Å². The zero-order valence-electron chi connectivity index (χ0n) is 12.1. The lowest BCUT2D eigenvalue weighted by Crippen LogP contribution is -2.20. The fourth-order valence-electron chi connectivity index (χ4n) is 2.17. The van der Waals surface area contributed by atoms with E-state index in [2.05, 4.69) is 15.5 Å². The Morgan fingerprint density at radius 1 is 1.30 bits per heavy atom. The number of nitrogens with one attached hydrogen (secondary N) is 1. The van der Waals surface area contributed by atoms with Gasteiger partial charge in [0.1, 0.15) is 16.1 Å². The first kappa shape index (κ1) is 15.5. The Balaban J connectivity index is 2.10. The van der Waals surface area contributed by atoms with E-state index in [0.29, 0.717) is 10.3 Å². The van der Waals surface area contributed by atoms with E-state index in [-0.39, 0.29) is 11.0 Å². The molecule has 0 saturated carbocycles. The smallest absolute Gasteiger partial charge is 0.274 e. The van der Waals surface area contributed by atoms with Gasteiger partial charge in [-0.1, -0.05) is 29.5 Å². The molecule has 0 amide bonds. The summed E-state index contributed by atoms with van der Waals surface area (Å²) in [5.74, 6) is -0.193. The highest BCUT2D eigenvalue weighted by molar-refractivity contribution is 7.22. The third kappa shape index (κ3) is 2.67. The number of carbonyl (C=O) groups excluding carboxylic acids is 1. The number of halogens is 3. The Labute approximate surface area is 132 Å². The van der Waals surface area contributed by atoms with Gasteiger partial charge in [0, 0.05) is 12.3 Å². The van der Waals surface area contributed by atoms with Gasteiger partial charge in [-0.3, -0.25) is 14.8 Å². The molecule has 0 radical (unpaired) electrons. The summed E-state index contributed by atoms with van der Waals surface area (Å²) in [6.45, 7) is 2.29. The van der Waals surface area contributed by atoms with Crippen molar-refractivity contribution in [1.82, 2.24) is 9.55 Å². The molecule has 0 fully saturated rings. The normalized spacial score (nSPS) is 13.0. The molecule has 0 saturated heterocycles. The number of nitrogens with zero attached hydrogens (tertiary/aromatic N) is 3. The Hall–Kier alpha value is -2.42. The second kappa shape index (κ2) is 5.34. The summed E-state index contributed by atoms with van der Waals surface area (Å²) in [4.78, 5) is 16.7. The summed E-state index contributed by atoms with van der Waals surface area (Å²) in [5.41, 5.74) is 2.58. The van der Waals surface area contributed by atoms with Crippen LogP contribution in [0.25, 0.3) is 21.3 Å². The molecule has 0 spiro atoms. The van der Waals surface area contributed by atoms with Gasteiger partial charge in [0.05, 0.1) is 5.52 Å². The topological polar surface area (TPSA) is 59.3 Å². The zero-order valence-corrected chi connectivity index (χ0v) is 12.9. The second-order valence-corrected chi connectivity index (χ2v) is 5.83. The zero-order chi connectivity index (χ0) is 16.8. The molecule has 0 aliphatic carbocycles. The first-order valence-corrected chi connectivity index (χ1v) is 7.39. The Morgan fingerprint density at radius 2 is 2.00 bits per heavy atom. The third-order valence-corrected chi connectivity index (χ3v) is 4.20. The molecule has 9 heteroatoms. The summed E-state index contributed by atoms with van der Waals surface area (Å²) in [7, 11) is 0. The van der Waals surface area contributed by atoms with Gasteiger partial charge in [0.25, 0.3) is 0 Å². The predicted molar refractivity (Wildman–Crippen MR) is 84.2 cm³/mol. The molecular weight excluding hydrogens is 329 g/mol. The molecule has 3 aromatic rings. The maximum Gasteiger partial charge on any atom is 0.430 e. The average molecular weight is 340 g/mol. The SMILES string of the molecule is CC(=O)n1c2ccccc2c2nc(N/N=C(\C)C(F)(F)F)sc21. The van der Waals surface area contributed by atoms with Crippen molar-refractivity contribution in [2.24, 2.45) is 5.10 Å². The lowest BCUT2D eigenvalue weighted by molar-refractivity contribution is -0.0592. The number of aromatic nitrogens is 2. The maximum absolute atomic E-state index is 12.4. The van der Waals surface area contributed by atoms with Gasteiger partial charge >= 0.3 is 6.18 Å². The van der Waals surface area contributed by atoms with Crippen molar-refractivity contribution in [3.63, 3.8) is 0 Å². The summed E-state index contributed by atoms with van der Waals surface area (Å²) in [6, 6.07) is 7.22. The molecule has 0 atom stereocenters. The second-order valence-electron chi connectivity index (χ2n) is 4.85. The first-order chi connectivity index (χ1) is 10.8. The number of anilines is 1. The van der Waals surface area contributed by atoms with Crippen LogP contribution in [0, 0.1) is 0 Å². The van der Waals surface area contributed by atoms with Crippen LogP contribution in [0.15, 0.2) is 29.4 Å². The fourth-order valence-corrected chi connectivity index (χ4v) is 3.15. The van der Waals surface area contributed by atoms with Gasteiger partial charge < -0.3 is 0 Å². The minimum atomic E-state index is -4.50. The van der Waals surface area contributed by atoms with Crippen LogP contribution in [0.4, 0.5) is 18.3 Å². The summed E-state index contributed by atoms with van der Waals surface area (Å²) in [6.07, 6.45) is -4.50. The highest BCUT2D eigenvalue weighted by atomic mass is 32.1. The van der Waals surface area contributed by atoms with Crippen molar-refractivity contribution in [3.8, 4) is 0 Å². The van der Waals surface area contributed by atoms with E-state index >= 15 is 0 Å². The van der Waals surface area contributed by atoms with Crippen molar-refractivity contribution in [3.05, 3.63) is 24.3 Å². The Morgan fingerprint density at radius 3 is 2.65 bits per heavy atom. The molecule has 0 unspecified atom stereocenters. The van der Waals surface area contributed by atoms with E-state index in [9.17, 15) is 18.0 Å². The molecule has 1 aromatic carbocycles. The van der Waals surface area contributed by atoms with Crippen LogP contribution in [0.5, 0.6) is 0 Å². The van der Waals surface area contributed by atoms with Gasteiger partial charge in [0.15, 0.2) is 0 Å². The molecule has 0 aliphatic heterocycles. The van der Waals surface area contributed by atoms with Crippen LogP contribution >= 0.6 is 11.3 Å². The molecule has 3 rings (SSSR count). The van der Waals surface area contributed by atoms with Gasteiger partial charge in [-0.2, -0.15) is 18.3 Å². The lowest BCUT2D eigenvalue weighted by atomic mass is 10.2. The maximum atomic E-state index is 12.4. The van der Waals surface area contributed by atoms with Gasteiger partial charge in [-0.25, -0.2) is 4.98 Å². The van der Waals surface area contributed by atoms with Crippen LogP contribution in [-0.4, -0.2) is 27.3 Å². The number of benzene rings is 1. The molecule has 120 valence electrons. The van der Waals surface area contributed by atoms with Crippen LogP contribution in [0.3, 0.4) is 0 Å². The minimum absolute atomic E-state index is 0.193. The van der Waals surface area contributed by atoms with Gasteiger partial charge in [0.2, 0.25) is 11.0 Å². The van der Waals surface area contributed by atoms with E-state index in [1.165, 1.54) is 11.5 Å². The van der Waals surface area contributed by atoms with Crippen LogP contribution in [0.2, 0.25) is 0 Å². The fraction of sp³-hybridized carbons (Fsp3) is 0.214. The lowest BCUT2D eigenvalue weighted by Gasteiger charge is -2.04. The monoisotopic (exact) mass is 340 g/mol. The molecule has 2 aromatic heterocycles. The van der Waals surface area contributed by atoms with Gasteiger partial charge in [-0.05, 0) is 13.0 Å².